The van der Waals surface area contributed by atoms with Crippen molar-refractivity contribution in [1.82, 2.24) is 5.32 Å². The molecule has 0 atom stereocenters. The van der Waals surface area contributed by atoms with Crippen LogP contribution in [-0.2, 0) is 6.54 Å². The Labute approximate surface area is 91.8 Å². The lowest BCUT2D eigenvalue weighted by Gasteiger charge is -2.12. The van der Waals surface area contributed by atoms with E-state index in [0.29, 0.717) is 10.0 Å². The third-order valence-corrected chi connectivity index (χ3v) is 3.63. The van der Waals surface area contributed by atoms with Gasteiger partial charge in [0, 0.05) is 12.1 Å². The van der Waals surface area contributed by atoms with E-state index in [9.17, 15) is 4.39 Å². The van der Waals surface area contributed by atoms with Gasteiger partial charge < -0.3 is 5.32 Å². The highest BCUT2D eigenvalue weighted by atomic mass is 79.9. The van der Waals surface area contributed by atoms with Crippen LogP contribution in [0.2, 0.25) is 0 Å². The van der Waals surface area contributed by atoms with Crippen molar-refractivity contribution in [2.45, 2.75) is 31.8 Å². The van der Waals surface area contributed by atoms with Crippen LogP contribution in [0.4, 0.5) is 4.39 Å². The average molecular weight is 258 g/mol. The maximum atomic E-state index is 13.1. The molecule has 0 bridgehead atoms. The van der Waals surface area contributed by atoms with Crippen molar-refractivity contribution in [1.29, 1.82) is 0 Å². The quantitative estimate of drug-likeness (QED) is 0.877. The van der Waals surface area contributed by atoms with Crippen molar-refractivity contribution in [3.05, 3.63) is 34.1 Å². The summed E-state index contributed by atoms with van der Waals surface area (Å²) >= 11 is 3.25. The van der Waals surface area contributed by atoms with E-state index in [1.54, 1.807) is 6.07 Å². The number of halogens is 2. The van der Waals surface area contributed by atoms with Crippen LogP contribution in [0.3, 0.4) is 0 Å². The van der Waals surface area contributed by atoms with E-state index in [1.165, 1.54) is 18.9 Å². The van der Waals surface area contributed by atoms with Gasteiger partial charge in [0.2, 0.25) is 0 Å². The van der Waals surface area contributed by atoms with Gasteiger partial charge in [-0.1, -0.05) is 12.1 Å². The van der Waals surface area contributed by atoms with Crippen LogP contribution in [0, 0.1) is 5.82 Å². The van der Waals surface area contributed by atoms with E-state index in [2.05, 4.69) is 28.2 Å². The molecule has 1 aliphatic rings. The Bertz CT molecular complexity index is 347. The van der Waals surface area contributed by atoms with E-state index < -0.39 is 0 Å². The third kappa shape index (κ3) is 2.15. The molecule has 0 aliphatic heterocycles. The maximum absolute atomic E-state index is 13.1. The Morgan fingerprint density at radius 3 is 2.86 bits per heavy atom. The van der Waals surface area contributed by atoms with Crippen LogP contribution in [0.25, 0.3) is 0 Å². The van der Waals surface area contributed by atoms with Crippen molar-refractivity contribution < 1.29 is 4.39 Å². The van der Waals surface area contributed by atoms with Gasteiger partial charge in [-0.3, -0.25) is 0 Å². The summed E-state index contributed by atoms with van der Waals surface area (Å²) in [4.78, 5) is 0. The molecule has 0 unspecified atom stereocenters. The fourth-order valence-electron chi connectivity index (χ4n) is 1.36. The molecule has 0 radical (unpaired) electrons. The molecule has 1 aliphatic carbocycles. The molecule has 14 heavy (non-hydrogen) atoms. The zero-order valence-electron chi connectivity index (χ0n) is 8.11. The number of hydrogen-bond donors (Lipinski definition) is 1. The largest absolute Gasteiger partial charge is 0.307 e. The highest BCUT2D eigenvalue weighted by Gasteiger charge is 2.36. The first-order valence-electron chi connectivity index (χ1n) is 4.79. The molecule has 76 valence electrons. The number of hydrogen-bond acceptors (Lipinski definition) is 1. The molecule has 1 saturated carbocycles. The zero-order valence-corrected chi connectivity index (χ0v) is 9.70. The minimum Gasteiger partial charge on any atom is -0.307 e. The number of benzene rings is 1. The Hall–Kier alpha value is -0.410. The Morgan fingerprint density at radius 1 is 1.50 bits per heavy atom. The van der Waals surface area contributed by atoms with Gasteiger partial charge in [-0.15, -0.1) is 0 Å². The van der Waals surface area contributed by atoms with Crippen molar-refractivity contribution in [3.63, 3.8) is 0 Å². The van der Waals surface area contributed by atoms with E-state index in [-0.39, 0.29) is 5.82 Å². The summed E-state index contributed by atoms with van der Waals surface area (Å²) in [5, 5.41) is 3.42. The third-order valence-electron chi connectivity index (χ3n) is 2.74. The second kappa shape index (κ2) is 3.63. The molecule has 1 N–H and O–H groups in total. The van der Waals surface area contributed by atoms with Crippen LogP contribution in [0.1, 0.15) is 25.3 Å². The molecular formula is C11H13BrFN. The second-order valence-corrected chi connectivity index (χ2v) is 4.92. The standard InChI is InChI=1S/C11H13BrFN/c1-11(5-6-11)14-7-8-3-2-4-9(13)10(8)12/h2-4,14H,5-7H2,1H3. The van der Waals surface area contributed by atoms with Crippen molar-refractivity contribution >= 4 is 15.9 Å². The minimum atomic E-state index is -0.190. The van der Waals surface area contributed by atoms with Crippen LogP contribution in [0.15, 0.2) is 22.7 Å². The first kappa shape index (κ1) is 10.1. The van der Waals surface area contributed by atoms with Crippen LogP contribution in [-0.4, -0.2) is 5.54 Å². The van der Waals surface area contributed by atoms with Crippen LogP contribution < -0.4 is 5.32 Å². The first-order valence-corrected chi connectivity index (χ1v) is 5.58. The monoisotopic (exact) mass is 257 g/mol. The van der Waals surface area contributed by atoms with E-state index in [0.717, 1.165) is 12.1 Å². The maximum Gasteiger partial charge on any atom is 0.137 e. The first-order chi connectivity index (χ1) is 6.61. The lowest BCUT2D eigenvalue weighted by Crippen LogP contribution is -2.27. The van der Waals surface area contributed by atoms with E-state index >= 15 is 0 Å². The van der Waals surface area contributed by atoms with Crippen LogP contribution >= 0.6 is 15.9 Å². The summed E-state index contributed by atoms with van der Waals surface area (Å²) in [6.45, 7) is 2.93. The summed E-state index contributed by atoms with van der Waals surface area (Å²) in [6, 6.07) is 5.14. The van der Waals surface area contributed by atoms with Gasteiger partial charge in [-0.05, 0) is 47.3 Å². The summed E-state index contributed by atoms with van der Waals surface area (Å²) in [5.74, 6) is -0.190. The topological polar surface area (TPSA) is 12.0 Å². The molecule has 1 aromatic rings. The average Bonchev–Trinajstić information content (AvgIpc) is 2.88. The molecule has 1 nitrogen and oxygen atoms in total. The Kier molecular flexibility index (Phi) is 2.62. The van der Waals surface area contributed by atoms with Crippen molar-refractivity contribution in [2.24, 2.45) is 0 Å². The molecular weight excluding hydrogens is 245 g/mol. The molecule has 1 aromatic carbocycles. The van der Waals surface area contributed by atoms with Gasteiger partial charge in [0.05, 0.1) is 4.47 Å². The molecule has 0 aromatic heterocycles. The summed E-state index contributed by atoms with van der Waals surface area (Å²) in [6.07, 6.45) is 2.44. The SMILES string of the molecule is CC1(NCc2cccc(F)c2Br)CC1. The van der Waals surface area contributed by atoms with Gasteiger partial charge in [0.1, 0.15) is 5.82 Å². The van der Waals surface area contributed by atoms with Gasteiger partial charge in [0.25, 0.3) is 0 Å². The summed E-state index contributed by atoms with van der Waals surface area (Å²) < 4.78 is 13.7. The lowest BCUT2D eigenvalue weighted by molar-refractivity contribution is 0.533. The smallest absolute Gasteiger partial charge is 0.137 e. The van der Waals surface area contributed by atoms with E-state index in [1.807, 2.05) is 6.07 Å². The minimum absolute atomic E-state index is 0.190. The van der Waals surface area contributed by atoms with Gasteiger partial charge in [-0.25, -0.2) is 4.39 Å². The molecule has 0 heterocycles. The van der Waals surface area contributed by atoms with Gasteiger partial charge in [-0.2, -0.15) is 0 Å². The lowest BCUT2D eigenvalue weighted by atomic mass is 10.2. The molecule has 1 fully saturated rings. The summed E-state index contributed by atoms with van der Waals surface area (Å²) in [7, 11) is 0. The van der Waals surface area contributed by atoms with Gasteiger partial charge in [0.15, 0.2) is 0 Å². The van der Waals surface area contributed by atoms with Gasteiger partial charge >= 0.3 is 0 Å². The fraction of sp³-hybridized carbons (Fsp3) is 0.455. The highest BCUT2D eigenvalue weighted by Crippen LogP contribution is 2.35. The molecule has 2 rings (SSSR count). The zero-order chi connectivity index (χ0) is 10.2. The predicted molar refractivity (Wildman–Crippen MR) is 58.6 cm³/mol. The Morgan fingerprint density at radius 2 is 2.21 bits per heavy atom. The van der Waals surface area contributed by atoms with E-state index in [4.69, 9.17) is 0 Å². The Balaban J connectivity index is 2.05. The second-order valence-electron chi connectivity index (χ2n) is 4.13. The number of nitrogens with one attached hydrogen (secondary N) is 1. The fourth-order valence-corrected chi connectivity index (χ4v) is 1.76. The molecule has 0 spiro atoms. The summed E-state index contributed by atoms with van der Waals surface area (Å²) in [5.41, 5.74) is 1.28. The molecule has 3 heteroatoms. The van der Waals surface area contributed by atoms with Crippen molar-refractivity contribution in [3.8, 4) is 0 Å². The number of rotatable bonds is 3. The normalized spacial score (nSPS) is 18.2. The molecule has 0 amide bonds. The predicted octanol–water partition coefficient (Wildman–Crippen LogP) is 3.23. The molecule has 0 saturated heterocycles. The van der Waals surface area contributed by atoms with Crippen LogP contribution in [0.5, 0.6) is 0 Å². The highest BCUT2D eigenvalue weighted by molar-refractivity contribution is 9.10. The van der Waals surface area contributed by atoms with Crippen molar-refractivity contribution in [2.75, 3.05) is 0 Å².